The summed E-state index contributed by atoms with van der Waals surface area (Å²) < 4.78 is 0. The standard InChI is InChI=1S/C24H33N5/c1-5-20(26)14-27-21(6-2)15-29-16(3)11-24(28-17(29)4)22-10-7-18(13-25)12-23(22)19-8-9-19/h7,10-12,19-21,27H,3,5-6,8-9,14-15,26H2,1-2,4H3. The average molecular weight is 392 g/mol. The molecule has 2 aliphatic rings. The fraction of sp³-hybridized carbons (Fsp3) is 0.500. The van der Waals surface area contributed by atoms with Crippen LogP contribution in [0.15, 0.2) is 41.5 Å². The molecule has 1 heterocycles. The van der Waals surface area contributed by atoms with Crippen molar-refractivity contribution in [1.82, 2.24) is 10.2 Å². The highest BCUT2D eigenvalue weighted by atomic mass is 15.2. The lowest BCUT2D eigenvalue weighted by Gasteiger charge is -2.33. The Labute approximate surface area is 175 Å². The van der Waals surface area contributed by atoms with Crippen molar-refractivity contribution >= 4 is 11.5 Å². The zero-order valence-corrected chi connectivity index (χ0v) is 17.9. The van der Waals surface area contributed by atoms with Crippen LogP contribution in [0.2, 0.25) is 0 Å². The molecule has 2 unspecified atom stereocenters. The minimum Gasteiger partial charge on any atom is -0.329 e. The molecular weight excluding hydrogens is 358 g/mol. The second kappa shape index (κ2) is 9.39. The predicted molar refractivity (Wildman–Crippen MR) is 120 cm³/mol. The summed E-state index contributed by atoms with van der Waals surface area (Å²) in [5.41, 5.74) is 11.1. The van der Waals surface area contributed by atoms with Crippen LogP contribution in [0, 0.1) is 11.3 Å². The van der Waals surface area contributed by atoms with Gasteiger partial charge in [-0.25, -0.2) is 4.99 Å². The summed E-state index contributed by atoms with van der Waals surface area (Å²) in [4.78, 5) is 7.10. The molecule has 3 rings (SSSR count). The monoisotopic (exact) mass is 391 g/mol. The third-order valence-electron chi connectivity index (χ3n) is 5.89. The number of rotatable bonds is 9. The number of nitriles is 1. The molecule has 1 aromatic carbocycles. The molecule has 0 aromatic heterocycles. The second-order valence-electron chi connectivity index (χ2n) is 8.16. The average Bonchev–Trinajstić information content (AvgIpc) is 3.57. The van der Waals surface area contributed by atoms with Gasteiger partial charge in [-0.2, -0.15) is 5.26 Å². The summed E-state index contributed by atoms with van der Waals surface area (Å²) in [6, 6.07) is 8.74. The van der Waals surface area contributed by atoms with Crippen LogP contribution in [0.3, 0.4) is 0 Å². The van der Waals surface area contributed by atoms with Gasteiger partial charge in [-0.1, -0.05) is 26.5 Å². The van der Waals surface area contributed by atoms with Gasteiger partial charge in [0.1, 0.15) is 5.84 Å². The lowest BCUT2D eigenvalue weighted by molar-refractivity contribution is 0.382. The van der Waals surface area contributed by atoms with Crippen molar-refractivity contribution in [3.8, 4) is 6.07 Å². The number of nitrogens with one attached hydrogen (secondary N) is 1. The normalized spacial score (nSPS) is 18.7. The maximum absolute atomic E-state index is 9.26. The fourth-order valence-electron chi connectivity index (χ4n) is 3.72. The van der Waals surface area contributed by atoms with E-state index in [-0.39, 0.29) is 6.04 Å². The highest BCUT2D eigenvalue weighted by Crippen LogP contribution is 2.44. The van der Waals surface area contributed by atoms with Crippen LogP contribution in [-0.4, -0.2) is 35.9 Å². The third-order valence-corrected chi connectivity index (χ3v) is 5.89. The Hall–Kier alpha value is -2.42. The van der Waals surface area contributed by atoms with E-state index >= 15 is 0 Å². The Morgan fingerprint density at radius 3 is 2.69 bits per heavy atom. The van der Waals surface area contributed by atoms with Crippen LogP contribution in [0.5, 0.6) is 0 Å². The number of nitrogens with zero attached hydrogens (tertiary/aromatic N) is 3. The Bertz CT molecular complexity index is 857. The van der Waals surface area contributed by atoms with Crippen LogP contribution >= 0.6 is 0 Å². The summed E-state index contributed by atoms with van der Waals surface area (Å²) in [6.45, 7) is 12.3. The third kappa shape index (κ3) is 5.14. The molecule has 154 valence electrons. The first-order valence-electron chi connectivity index (χ1n) is 10.7. The minimum absolute atomic E-state index is 0.187. The van der Waals surface area contributed by atoms with Crippen molar-refractivity contribution in [3.63, 3.8) is 0 Å². The summed E-state index contributed by atoms with van der Waals surface area (Å²) >= 11 is 0. The van der Waals surface area contributed by atoms with E-state index < -0.39 is 0 Å². The fourth-order valence-corrected chi connectivity index (χ4v) is 3.72. The molecule has 0 amide bonds. The van der Waals surface area contributed by atoms with Crippen LogP contribution in [0.25, 0.3) is 5.70 Å². The minimum atomic E-state index is 0.187. The van der Waals surface area contributed by atoms with E-state index in [1.807, 2.05) is 25.1 Å². The molecule has 1 saturated carbocycles. The Balaban J connectivity index is 1.77. The van der Waals surface area contributed by atoms with Crippen LogP contribution in [0.4, 0.5) is 0 Å². The molecule has 0 radical (unpaired) electrons. The lowest BCUT2D eigenvalue weighted by Crippen LogP contribution is -2.46. The molecule has 5 heteroatoms. The van der Waals surface area contributed by atoms with Crippen molar-refractivity contribution in [3.05, 3.63) is 53.2 Å². The first kappa shape index (κ1) is 21.3. The van der Waals surface area contributed by atoms with Crippen molar-refractivity contribution in [1.29, 1.82) is 5.26 Å². The zero-order chi connectivity index (χ0) is 21.0. The number of benzene rings is 1. The Kier molecular flexibility index (Phi) is 6.89. The SMILES string of the molecule is C=C1C=C(c2ccc(C#N)cc2C2CC2)N=C(C)N1CC(CC)NCC(N)CC. The van der Waals surface area contributed by atoms with Gasteiger partial charge in [0.05, 0.1) is 17.3 Å². The van der Waals surface area contributed by atoms with Crippen LogP contribution in [0.1, 0.15) is 69.1 Å². The molecule has 29 heavy (non-hydrogen) atoms. The largest absolute Gasteiger partial charge is 0.329 e. The van der Waals surface area contributed by atoms with Gasteiger partial charge in [0.15, 0.2) is 0 Å². The molecular formula is C24H33N5. The number of hydrogen-bond acceptors (Lipinski definition) is 5. The Morgan fingerprint density at radius 1 is 1.34 bits per heavy atom. The van der Waals surface area contributed by atoms with Gasteiger partial charge in [-0.3, -0.25) is 0 Å². The summed E-state index contributed by atoms with van der Waals surface area (Å²) in [5, 5.41) is 12.8. The van der Waals surface area contributed by atoms with Gasteiger partial charge >= 0.3 is 0 Å². The molecule has 0 saturated heterocycles. The molecule has 1 aromatic rings. The van der Waals surface area contributed by atoms with E-state index in [2.05, 4.69) is 42.8 Å². The maximum Gasteiger partial charge on any atom is 0.106 e. The van der Waals surface area contributed by atoms with Crippen molar-refractivity contribution in [2.24, 2.45) is 10.7 Å². The molecule has 0 bridgehead atoms. The van der Waals surface area contributed by atoms with Gasteiger partial charge in [-0.15, -0.1) is 0 Å². The van der Waals surface area contributed by atoms with E-state index in [4.69, 9.17) is 10.7 Å². The molecule has 3 N–H and O–H groups in total. The van der Waals surface area contributed by atoms with Crippen LogP contribution in [-0.2, 0) is 0 Å². The first-order valence-corrected chi connectivity index (χ1v) is 10.7. The number of aliphatic imine (C=N–C) groups is 1. The summed E-state index contributed by atoms with van der Waals surface area (Å²) in [5.74, 6) is 1.51. The van der Waals surface area contributed by atoms with Gasteiger partial charge in [-0.05, 0) is 62.3 Å². The molecule has 1 fully saturated rings. The van der Waals surface area contributed by atoms with Gasteiger partial charge < -0.3 is 16.0 Å². The highest BCUT2D eigenvalue weighted by Gasteiger charge is 2.28. The second-order valence-corrected chi connectivity index (χ2v) is 8.16. The number of amidine groups is 1. The van der Waals surface area contributed by atoms with E-state index in [0.29, 0.717) is 12.0 Å². The van der Waals surface area contributed by atoms with Gasteiger partial charge in [0.25, 0.3) is 0 Å². The Morgan fingerprint density at radius 2 is 2.10 bits per heavy atom. The number of hydrogen-bond donors (Lipinski definition) is 2. The summed E-state index contributed by atoms with van der Waals surface area (Å²) in [7, 11) is 0. The van der Waals surface area contributed by atoms with E-state index in [1.54, 1.807) is 0 Å². The highest BCUT2D eigenvalue weighted by molar-refractivity contribution is 5.91. The van der Waals surface area contributed by atoms with Crippen molar-refractivity contribution < 1.29 is 0 Å². The van der Waals surface area contributed by atoms with E-state index in [0.717, 1.165) is 54.3 Å². The van der Waals surface area contributed by atoms with Crippen molar-refractivity contribution in [2.45, 2.75) is 64.5 Å². The van der Waals surface area contributed by atoms with E-state index in [1.165, 1.54) is 18.4 Å². The topological polar surface area (TPSA) is 77.4 Å². The number of allylic oxidation sites excluding steroid dienone is 1. The smallest absolute Gasteiger partial charge is 0.106 e. The number of nitrogens with two attached hydrogens (primary N) is 1. The molecule has 1 aliphatic heterocycles. The quantitative estimate of drug-likeness (QED) is 0.663. The molecule has 5 nitrogen and oxygen atoms in total. The zero-order valence-electron chi connectivity index (χ0n) is 17.9. The molecule has 0 spiro atoms. The van der Waals surface area contributed by atoms with E-state index in [9.17, 15) is 5.26 Å². The van der Waals surface area contributed by atoms with Crippen LogP contribution < -0.4 is 11.1 Å². The molecule has 2 atom stereocenters. The van der Waals surface area contributed by atoms with Gasteiger partial charge in [0, 0.05) is 36.4 Å². The van der Waals surface area contributed by atoms with Gasteiger partial charge in [0.2, 0.25) is 0 Å². The first-order chi connectivity index (χ1) is 14.0. The summed E-state index contributed by atoms with van der Waals surface area (Å²) in [6.07, 6.45) is 6.44. The molecule has 1 aliphatic carbocycles. The maximum atomic E-state index is 9.26. The lowest BCUT2D eigenvalue weighted by atomic mass is 9.97. The van der Waals surface area contributed by atoms with Crippen molar-refractivity contribution in [2.75, 3.05) is 13.1 Å². The predicted octanol–water partition coefficient (Wildman–Crippen LogP) is 4.13.